The maximum atomic E-state index is 9.01. The first-order valence-corrected chi connectivity index (χ1v) is 6.81. The maximum Gasteiger partial charge on any atom is 0.488 e. The highest BCUT2D eigenvalue weighted by molar-refractivity contribution is 6.58. The highest BCUT2D eigenvalue weighted by Crippen LogP contribution is 2.08. The Hall–Kier alpha value is -1.89. The first-order valence-electron chi connectivity index (χ1n) is 6.81. The van der Waals surface area contributed by atoms with Crippen LogP contribution in [0.3, 0.4) is 0 Å². The Kier molecular flexibility index (Phi) is 5.74. The van der Waals surface area contributed by atoms with Gasteiger partial charge in [0.2, 0.25) is 0 Å². The van der Waals surface area contributed by atoms with Crippen LogP contribution < -0.4 is 10.2 Å². The van der Waals surface area contributed by atoms with Crippen molar-refractivity contribution in [2.24, 2.45) is 0 Å². The van der Waals surface area contributed by atoms with Gasteiger partial charge >= 0.3 is 7.12 Å². The molecule has 0 aliphatic rings. The summed E-state index contributed by atoms with van der Waals surface area (Å²) in [6.07, 6.45) is 3.62. The molecular weight excluding hydrogens is 267 g/mol. The number of likely N-dealkylation sites (N-methyl/N-ethyl adjacent to an activating group) is 1. The molecule has 0 aliphatic carbocycles. The number of hydrogen-bond donors (Lipinski definition) is 2. The molecule has 2 N–H and O–H groups in total. The van der Waals surface area contributed by atoms with Crippen molar-refractivity contribution in [3.05, 3.63) is 54.4 Å². The number of benzene rings is 1. The number of ether oxygens (including phenoxy) is 1. The molecule has 0 radical (unpaired) electrons. The average Bonchev–Trinajstić information content (AvgIpc) is 2.49. The molecule has 0 saturated carbocycles. The van der Waals surface area contributed by atoms with Gasteiger partial charge in [-0.2, -0.15) is 0 Å². The molecule has 1 heterocycles. The number of pyridine rings is 1. The first kappa shape index (κ1) is 15.5. The summed E-state index contributed by atoms with van der Waals surface area (Å²) in [7, 11) is 0.589. The van der Waals surface area contributed by atoms with Crippen molar-refractivity contribution < 1.29 is 14.8 Å². The fourth-order valence-corrected chi connectivity index (χ4v) is 1.94. The summed E-state index contributed by atoms with van der Waals surface area (Å²) in [6.45, 7) is 2.18. The Morgan fingerprint density at radius 3 is 2.57 bits per heavy atom. The van der Waals surface area contributed by atoms with Gasteiger partial charge in [0.25, 0.3) is 0 Å². The second-order valence-corrected chi connectivity index (χ2v) is 4.89. The van der Waals surface area contributed by atoms with Crippen LogP contribution in [0.2, 0.25) is 0 Å². The molecule has 1 aromatic heterocycles. The van der Waals surface area contributed by atoms with E-state index in [1.807, 2.05) is 25.4 Å². The van der Waals surface area contributed by atoms with E-state index < -0.39 is 7.12 Å². The predicted octanol–water partition coefficient (Wildman–Crippen LogP) is 0.272. The third-order valence-corrected chi connectivity index (χ3v) is 3.10. The van der Waals surface area contributed by atoms with E-state index in [0.717, 1.165) is 13.1 Å². The van der Waals surface area contributed by atoms with Gasteiger partial charge in [0.1, 0.15) is 12.4 Å². The summed E-state index contributed by atoms with van der Waals surface area (Å²) in [5.41, 5.74) is 1.62. The lowest BCUT2D eigenvalue weighted by Crippen LogP contribution is -2.29. The SMILES string of the molecule is CN(CCOc1ccc(B(O)O)cc1)Cc1cccnc1. The van der Waals surface area contributed by atoms with E-state index in [1.165, 1.54) is 5.56 Å². The van der Waals surface area contributed by atoms with Gasteiger partial charge in [-0.25, -0.2) is 0 Å². The smallest absolute Gasteiger partial charge is 0.488 e. The number of nitrogens with zero attached hydrogens (tertiary/aromatic N) is 2. The minimum atomic E-state index is -1.44. The maximum absolute atomic E-state index is 9.01. The molecule has 110 valence electrons. The summed E-state index contributed by atoms with van der Waals surface area (Å²) in [5.74, 6) is 0.717. The molecular formula is C15H19BN2O3. The number of hydrogen-bond acceptors (Lipinski definition) is 5. The Morgan fingerprint density at radius 2 is 1.95 bits per heavy atom. The summed E-state index contributed by atoms with van der Waals surface area (Å²) in [5, 5.41) is 18.0. The second kappa shape index (κ2) is 7.78. The quantitative estimate of drug-likeness (QED) is 0.715. The monoisotopic (exact) mass is 286 g/mol. The molecule has 0 bridgehead atoms. The zero-order valence-corrected chi connectivity index (χ0v) is 12.0. The summed E-state index contributed by atoms with van der Waals surface area (Å²) in [4.78, 5) is 6.24. The molecule has 21 heavy (non-hydrogen) atoms. The van der Waals surface area contributed by atoms with E-state index in [1.54, 1.807) is 30.5 Å². The zero-order chi connectivity index (χ0) is 15.1. The van der Waals surface area contributed by atoms with Crippen molar-refractivity contribution >= 4 is 12.6 Å². The molecule has 0 fully saturated rings. The van der Waals surface area contributed by atoms with Gasteiger partial charge in [-0.3, -0.25) is 9.88 Å². The van der Waals surface area contributed by atoms with Crippen LogP contribution in [0.4, 0.5) is 0 Å². The van der Waals surface area contributed by atoms with Gasteiger partial charge in [0.05, 0.1) is 0 Å². The third kappa shape index (κ3) is 5.19. The molecule has 2 aromatic rings. The van der Waals surface area contributed by atoms with Gasteiger partial charge in [-0.05, 0) is 36.3 Å². The van der Waals surface area contributed by atoms with Gasteiger partial charge in [-0.15, -0.1) is 0 Å². The largest absolute Gasteiger partial charge is 0.492 e. The predicted molar refractivity (Wildman–Crippen MR) is 82.3 cm³/mol. The molecule has 6 heteroatoms. The Labute approximate surface area is 125 Å². The van der Waals surface area contributed by atoms with E-state index in [0.29, 0.717) is 17.8 Å². The van der Waals surface area contributed by atoms with Crippen molar-refractivity contribution in [1.82, 2.24) is 9.88 Å². The van der Waals surface area contributed by atoms with E-state index >= 15 is 0 Å². The molecule has 0 spiro atoms. The van der Waals surface area contributed by atoms with Crippen LogP contribution in [-0.4, -0.2) is 47.2 Å². The highest BCUT2D eigenvalue weighted by Gasteiger charge is 2.09. The molecule has 0 aliphatic heterocycles. The van der Waals surface area contributed by atoms with Crippen molar-refractivity contribution in [3.63, 3.8) is 0 Å². The van der Waals surface area contributed by atoms with Gasteiger partial charge in [0, 0.05) is 25.5 Å². The van der Waals surface area contributed by atoms with Crippen LogP contribution in [0.15, 0.2) is 48.8 Å². The fraction of sp³-hybridized carbons (Fsp3) is 0.267. The normalized spacial score (nSPS) is 10.7. The Balaban J connectivity index is 1.73. The van der Waals surface area contributed by atoms with E-state index in [4.69, 9.17) is 14.8 Å². The van der Waals surface area contributed by atoms with Crippen LogP contribution in [-0.2, 0) is 6.54 Å². The minimum Gasteiger partial charge on any atom is -0.492 e. The van der Waals surface area contributed by atoms with Crippen LogP contribution in [0, 0.1) is 0 Å². The van der Waals surface area contributed by atoms with E-state index in [-0.39, 0.29) is 0 Å². The van der Waals surface area contributed by atoms with Crippen molar-refractivity contribution in [3.8, 4) is 5.75 Å². The number of aromatic nitrogens is 1. The molecule has 0 unspecified atom stereocenters. The van der Waals surface area contributed by atoms with Crippen molar-refractivity contribution in [2.75, 3.05) is 20.2 Å². The Bertz CT molecular complexity index is 534. The summed E-state index contributed by atoms with van der Waals surface area (Å²) in [6, 6.07) is 10.7. The van der Waals surface area contributed by atoms with Crippen LogP contribution in [0.25, 0.3) is 0 Å². The van der Waals surface area contributed by atoms with Gasteiger partial charge < -0.3 is 14.8 Å². The van der Waals surface area contributed by atoms with Crippen molar-refractivity contribution in [1.29, 1.82) is 0 Å². The highest BCUT2D eigenvalue weighted by atomic mass is 16.5. The topological polar surface area (TPSA) is 65.8 Å². The van der Waals surface area contributed by atoms with E-state index in [9.17, 15) is 0 Å². The third-order valence-electron chi connectivity index (χ3n) is 3.10. The molecule has 2 rings (SSSR count). The summed E-state index contributed by atoms with van der Waals surface area (Å²) >= 11 is 0. The number of rotatable bonds is 7. The lowest BCUT2D eigenvalue weighted by molar-refractivity contribution is 0.233. The first-order chi connectivity index (χ1) is 10.1. The van der Waals surface area contributed by atoms with Crippen LogP contribution in [0.5, 0.6) is 5.75 Å². The Morgan fingerprint density at radius 1 is 1.19 bits per heavy atom. The molecule has 0 amide bonds. The molecule has 0 saturated heterocycles. The molecule has 5 nitrogen and oxygen atoms in total. The van der Waals surface area contributed by atoms with Gasteiger partial charge in [0.15, 0.2) is 0 Å². The van der Waals surface area contributed by atoms with E-state index in [2.05, 4.69) is 9.88 Å². The molecule has 1 aromatic carbocycles. The van der Waals surface area contributed by atoms with Gasteiger partial charge in [-0.1, -0.05) is 18.2 Å². The zero-order valence-electron chi connectivity index (χ0n) is 12.0. The fourth-order valence-electron chi connectivity index (χ4n) is 1.94. The van der Waals surface area contributed by atoms with Crippen LogP contribution >= 0.6 is 0 Å². The van der Waals surface area contributed by atoms with Crippen LogP contribution in [0.1, 0.15) is 5.56 Å². The summed E-state index contributed by atoms with van der Waals surface area (Å²) < 4.78 is 5.63. The minimum absolute atomic E-state index is 0.455. The van der Waals surface area contributed by atoms with Crippen molar-refractivity contribution in [2.45, 2.75) is 6.54 Å². The second-order valence-electron chi connectivity index (χ2n) is 4.89. The average molecular weight is 286 g/mol. The lowest BCUT2D eigenvalue weighted by atomic mass is 9.80. The molecule has 0 atom stereocenters. The lowest BCUT2D eigenvalue weighted by Gasteiger charge is -2.16. The standard InChI is InChI=1S/C15H19BN2O3/c1-18(12-13-3-2-8-17-11-13)9-10-21-15-6-4-14(5-7-15)16(19)20/h2-8,11,19-20H,9-10,12H2,1H3.